The Kier molecular flexibility index (Phi) is 9.84. The number of allylic oxidation sites excluding steroid dienone is 1. The average molecular weight is 353 g/mol. The van der Waals surface area contributed by atoms with Gasteiger partial charge in [0.1, 0.15) is 25.2 Å². The second kappa shape index (κ2) is 11.7. The predicted molar refractivity (Wildman–Crippen MR) is 99.7 cm³/mol. The van der Waals surface area contributed by atoms with Gasteiger partial charge < -0.3 is 14.3 Å². The fraction of sp³-hybridized carbons (Fsp3) is 0.500. The summed E-state index contributed by atoms with van der Waals surface area (Å²) in [6.45, 7) is 7.07. The Bertz CT molecular complexity index is 561. The Hall–Kier alpha value is -1.82. The molecule has 0 N–H and O–H groups in total. The van der Waals surface area contributed by atoms with Crippen LogP contribution < -0.4 is 9.47 Å². The topological polar surface area (TPSA) is 57.1 Å². The Balaban J connectivity index is 2.45. The molecule has 0 aliphatic rings. The molecule has 6 heteroatoms. The van der Waals surface area contributed by atoms with Crippen LogP contribution in [0.3, 0.4) is 0 Å². The molecule has 1 unspecified atom stereocenters. The summed E-state index contributed by atoms with van der Waals surface area (Å²) < 4.78 is 23.2. The van der Waals surface area contributed by atoms with Crippen LogP contribution in [0.1, 0.15) is 24.5 Å². The first-order chi connectivity index (χ1) is 11.6. The minimum Gasteiger partial charge on any atom is -0.493 e. The molecule has 5 nitrogen and oxygen atoms in total. The molecular weight excluding hydrogens is 326 g/mol. The Labute approximate surface area is 147 Å². The van der Waals surface area contributed by atoms with Gasteiger partial charge >= 0.3 is 0 Å². The smallest absolute Gasteiger partial charge is 0.125 e. The van der Waals surface area contributed by atoms with Gasteiger partial charge in [0, 0.05) is 16.6 Å². The molecule has 134 valence electrons. The molecule has 1 atom stereocenters. The molecule has 1 aromatic carbocycles. The lowest BCUT2D eigenvalue weighted by atomic mass is 10.1. The average Bonchev–Trinajstić information content (AvgIpc) is 2.54. The molecule has 0 aromatic heterocycles. The number of nitrogens with zero attached hydrogens (tertiary/aromatic N) is 1. The van der Waals surface area contributed by atoms with Crippen molar-refractivity contribution < 1.29 is 18.5 Å². The lowest BCUT2D eigenvalue weighted by Gasteiger charge is -2.14. The summed E-state index contributed by atoms with van der Waals surface area (Å²) in [5.74, 6) is 2.71. The summed E-state index contributed by atoms with van der Waals surface area (Å²) in [5, 5.41) is 3.58. The van der Waals surface area contributed by atoms with Crippen molar-refractivity contribution in [3.8, 4) is 11.5 Å². The van der Waals surface area contributed by atoms with E-state index in [2.05, 4.69) is 9.99 Å². The molecular formula is C18H27NO4S. The normalized spacial score (nSPS) is 12.7. The standard InChI is InChI=1S/C18H27NO4S/c1-5-6-9-22-17-13-15(2)18(16(3)14-17)23-10-7-11-24(20)12-8-19-21-4/h5-6,8,13-14H,7,9-12H2,1-4H3/b6-5+,19-8+. The van der Waals surface area contributed by atoms with E-state index in [0.717, 1.165) is 29.0 Å². The van der Waals surface area contributed by atoms with Crippen molar-refractivity contribution in [1.82, 2.24) is 0 Å². The Morgan fingerprint density at radius 3 is 2.54 bits per heavy atom. The summed E-state index contributed by atoms with van der Waals surface area (Å²) in [7, 11) is 0.533. The summed E-state index contributed by atoms with van der Waals surface area (Å²) in [6.07, 6.45) is 6.18. The van der Waals surface area contributed by atoms with E-state index in [4.69, 9.17) is 9.47 Å². The number of rotatable bonds is 11. The highest BCUT2D eigenvalue weighted by atomic mass is 32.2. The largest absolute Gasteiger partial charge is 0.493 e. The van der Waals surface area contributed by atoms with Crippen LogP contribution in [0.25, 0.3) is 0 Å². The van der Waals surface area contributed by atoms with E-state index < -0.39 is 10.8 Å². The molecule has 0 radical (unpaired) electrons. The van der Waals surface area contributed by atoms with Crippen molar-refractivity contribution in [2.45, 2.75) is 27.2 Å². The van der Waals surface area contributed by atoms with Crippen LogP contribution in [0.15, 0.2) is 29.4 Å². The van der Waals surface area contributed by atoms with E-state index in [1.165, 1.54) is 13.3 Å². The zero-order chi connectivity index (χ0) is 17.8. The number of oxime groups is 1. The summed E-state index contributed by atoms with van der Waals surface area (Å²) in [6, 6.07) is 3.95. The summed E-state index contributed by atoms with van der Waals surface area (Å²) in [4.78, 5) is 4.54. The molecule has 0 saturated carbocycles. The van der Waals surface area contributed by atoms with Crippen molar-refractivity contribution in [1.29, 1.82) is 0 Å². The SMILES string of the molecule is C/C=C/COc1cc(C)c(OCCCS(=O)C/C=N/OC)c(C)c1. The Morgan fingerprint density at radius 1 is 1.21 bits per heavy atom. The maximum absolute atomic E-state index is 11.7. The quantitative estimate of drug-likeness (QED) is 0.265. The predicted octanol–water partition coefficient (Wildman–Crippen LogP) is 3.41. The van der Waals surface area contributed by atoms with Crippen LogP contribution in [0.4, 0.5) is 0 Å². The van der Waals surface area contributed by atoms with Gasteiger partial charge in [-0.3, -0.25) is 4.21 Å². The number of hydrogen-bond acceptors (Lipinski definition) is 5. The van der Waals surface area contributed by atoms with E-state index >= 15 is 0 Å². The van der Waals surface area contributed by atoms with Crippen LogP contribution >= 0.6 is 0 Å². The number of hydrogen-bond donors (Lipinski definition) is 0. The molecule has 0 aliphatic heterocycles. The fourth-order valence-corrected chi connectivity index (χ4v) is 2.96. The molecule has 0 heterocycles. The fourth-order valence-electron chi connectivity index (χ4n) is 2.13. The molecule has 0 fully saturated rings. The second-order valence-corrected chi connectivity index (χ2v) is 6.87. The molecule has 24 heavy (non-hydrogen) atoms. The lowest BCUT2D eigenvalue weighted by Crippen LogP contribution is -2.09. The van der Waals surface area contributed by atoms with Gasteiger partial charge in [-0.25, -0.2) is 0 Å². The van der Waals surface area contributed by atoms with Gasteiger partial charge in [0.25, 0.3) is 0 Å². The van der Waals surface area contributed by atoms with E-state index in [1.807, 2.05) is 45.1 Å². The minimum atomic E-state index is -0.934. The molecule has 1 rings (SSSR count). The lowest BCUT2D eigenvalue weighted by molar-refractivity contribution is 0.215. The first kappa shape index (κ1) is 20.2. The summed E-state index contributed by atoms with van der Waals surface area (Å²) >= 11 is 0. The van der Waals surface area contributed by atoms with E-state index in [-0.39, 0.29) is 0 Å². The third-order valence-electron chi connectivity index (χ3n) is 3.22. The number of ether oxygens (including phenoxy) is 2. The van der Waals surface area contributed by atoms with Gasteiger partial charge in [-0.05, 0) is 50.5 Å². The third-order valence-corrected chi connectivity index (χ3v) is 4.48. The maximum atomic E-state index is 11.7. The van der Waals surface area contributed by atoms with Crippen molar-refractivity contribution in [3.05, 3.63) is 35.4 Å². The first-order valence-corrected chi connectivity index (χ1v) is 9.45. The van der Waals surface area contributed by atoms with Crippen LogP contribution in [0.5, 0.6) is 11.5 Å². The molecule has 0 bridgehead atoms. The van der Waals surface area contributed by atoms with E-state index in [0.29, 0.717) is 24.7 Å². The van der Waals surface area contributed by atoms with Gasteiger partial charge in [0.2, 0.25) is 0 Å². The third kappa shape index (κ3) is 7.64. The van der Waals surface area contributed by atoms with Crippen LogP contribution in [-0.2, 0) is 15.6 Å². The van der Waals surface area contributed by atoms with E-state index in [9.17, 15) is 4.21 Å². The Morgan fingerprint density at radius 2 is 1.92 bits per heavy atom. The molecule has 0 saturated heterocycles. The summed E-state index contributed by atoms with van der Waals surface area (Å²) in [5.41, 5.74) is 2.08. The van der Waals surface area contributed by atoms with Crippen molar-refractivity contribution in [3.63, 3.8) is 0 Å². The number of aryl methyl sites for hydroxylation is 2. The molecule has 0 aliphatic carbocycles. The van der Waals surface area contributed by atoms with Gasteiger partial charge in [-0.2, -0.15) is 0 Å². The number of benzene rings is 1. The van der Waals surface area contributed by atoms with Crippen LogP contribution in [0, 0.1) is 13.8 Å². The van der Waals surface area contributed by atoms with Crippen LogP contribution in [0.2, 0.25) is 0 Å². The van der Waals surface area contributed by atoms with Gasteiger partial charge in [-0.15, -0.1) is 0 Å². The van der Waals surface area contributed by atoms with Crippen LogP contribution in [-0.4, -0.2) is 42.3 Å². The highest BCUT2D eigenvalue weighted by Crippen LogP contribution is 2.28. The van der Waals surface area contributed by atoms with Crippen molar-refractivity contribution >= 4 is 17.0 Å². The van der Waals surface area contributed by atoms with Gasteiger partial charge in [0.15, 0.2) is 0 Å². The second-order valence-electron chi connectivity index (χ2n) is 5.25. The highest BCUT2D eigenvalue weighted by molar-refractivity contribution is 7.85. The monoisotopic (exact) mass is 353 g/mol. The molecule has 0 spiro atoms. The maximum Gasteiger partial charge on any atom is 0.125 e. The van der Waals surface area contributed by atoms with Gasteiger partial charge in [0.05, 0.1) is 18.6 Å². The van der Waals surface area contributed by atoms with Gasteiger partial charge in [-0.1, -0.05) is 17.3 Å². The van der Waals surface area contributed by atoms with Crippen molar-refractivity contribution in [2.75, 3.05) is 31.8 Å². The first-order valence-electron chi connectivity index (χ1n) is 7.96. The molecule has 0 amide bonds. The molecule has 1 aromatic rings. The van der Waals surface area contributed by atoms with E-state index in [1.54, 1.807) is 0 Å². The van der Waals surface area contributed by atoms with Crippen molar-refractivity contribution in [2.24, 2.45) is 5.16 Å². The minimum absolute atomic E-state index is 0.407. The zero-order valence-electron chi connectivity index (χ0n) is 14.9. The highest BCUT2D eigenvalue weighted by Gasteiger charge is 2.07. The zero-order valence-corrected chi connectivity index (χ0v) is 15.7.